The quantitative estimate of drug-likeness (QED) is 0.634. The molecule has 0 aliphatic carbocycles. The van der Waals surface area contributed by atoms with Gasteiger partial charge < -0.3 is 10.5 Å². The Morgan fingerprint density at radius 2 is 2.00 bits per heavy atom. The molecule has 0 aliphatic heterocycles. The fourth-order valence-corrected chi connectivity index (χ4v) is 0.993. The summed E-state index contributed by atoms with van der Waals surface area (Å²) < 4.78 is 4.91. The molecule has 0 aromatic heterocycles. The Labute approximate surface area is 63.7 Å². The normalized spacial score (nSPS) is 14.1. The third-order valence-corrected chi connectivity index (χ3v) is 1.47. The molecule has 0 amide bonds. The highest BCUT2D eigenvalue weighted by Crippen LogP contribution is 2.04. The molecule has 1 atom stereocenters. The van der Waals surface area contributed by atoms with Crippen LogP contribution in [-0.2, 0) is 4.74 Å². The lowest BCUT2D eigenvalue weighted by Crippen LogP contribution is -2.23. The summed E-state index contributed by atoms with van der Waals surface area (Å²) in [4.78, 5) is 0. The van der Waals surface area contributed by atoms with Crippen molar-refractivity contribution in [3.05, 3.63) is 0 Å². The number of hydrogen-bond donors (Lipinski definition) is 1. The predicted molar refractivity (Wildman–Crippen MR) is 43.9 cm³/mol. The number of hydrogen-bond acceptors (Lipinski definition) is 2. The summed E-state index contributed by atoms with van der Waals surface area (Å²) in [5.41, 5.74) is 5.78. The fraction of sp³-hybridized carbons (Fsp3) is 1.00. The van der Waals surface area contributed by atoms with E-state index >= 15 is 0 Å². The second kappa shape index (κ2) is 5.69. The van der Waals surface area contributed by atoms with Crippen LogP contribution in [0.15, 0.2) is 0 Å². The smallest absolute Gasteiger partial charge is 0.0477 e. The van der Waals surface area contributed by atoms with Crippen LogP contribution in [0.3, 0.4) is 0 Å². The number of methoxy groups -OCH3 is 1. The zero-order chi connectivity index (χ0) is 7.98. The van der Waals surface area contributed by atoms with Crippen molar-refractivity contribution < 1.29 is 4.74 Å². The van der Waals surface area contributed by atoms with E-state index in [0.29, 0.717) is 12.0 Å². The van der Waals surface area contributed by atoms with Gasteiger partial charge in [-0.25, -0.2) is 0 Å². The largest absolute Gasteiger partial charge is 0.385 e. The monoisotopic (exact) mass is 145 g/mol. The van der Waals surface area contributed by atoms with Gasteiger partial charge in [0.2, 0.25) is 0 Å². The minimum absolute atomic E-state index is 0.319. The molecule has 2 heteroatoms. The second-order valence-corrected chi connectivity index (χ2v) is 3.17. The highest BCUT2D eigenvalue weighted by atomic mass is 16.5. The van der Waals surface area contributed by atoms with Crippen molar-refractivity contribution in [1.29, 1.82) is 0 Å². The third kappa shape index (κ3) is 6.05. The summed E-state index contributed by atoms with van der Waals surface area (Å²) in [6, 6.07) is 0.319. The lowest BCUT2D eigenvalue weighted by atomic mass is 10.0. The maximum Gasteiger partial charge on any atom is 0.0477 e. The van der Waals surface area contributed by atoms with Gasteiger partial charge in [0.15, 0.2) is 0 Å². The molecule has 1 unspecified atom stereocenters. The topological polar surface area (TPSA) is 35.2 Å². The molecule has 0 bridgehead atoms. The van der Waals surface area contributed by atoms with Crippen molar-refractivity contribution in [1.82, 2.24) is 0 Å². The van der Waals surface area contributed by atoms with E-state index in [4.69, 9.17) is 10.5 Å². The van der Waals surface area contributed by atoms with Crippen LogP contribution in [0, 0.1) is 5.92 Å². The van der Waals surface area contributed by atoms with Gasteiger partial charge in [0, 0.05) is 19.8 Å². The van der Waals surface area contributed by atoms with Gasteiger partial charge in [-0.15, -0.1) is 0 Å². The van der Waals surface area contributed by atoms with Crippen LogP contribution in [0.25, 0.3) is 0 Å². The van der Waals surface area contributed by atoms with Gasteiger partial charge in [0.25, 0.3) is 0 Å². The van der Waals surface area contributed by atoms with Gasteiger partial charge in [-0.1, -0.05) is 13.8 Å². The molecule has 0 spiro atoms. The average Bonchev–Trinajstić information content (AvgIpc) is 1.82. The van der Waals surface area contributed by atoms with Crippen molar-refractivity contribution in [3.63, 3.8) is 0 Å². The van der Waals surface area contributed by atoms with Crippen LogP contribution in [0.2, 0.25) is 0 Å². The van der Waals surface area contributed by atoms with E-state index in [1.54, 1.807) is 7.11 Å². The van der Waals surface area contributed by atoms with Crippen molar-refractivity contribution in [2.75, 3.05) is 13.7 Å². The molecule has 0 fully saturated rings. The molecule has 62 valence electrons. The lowest BCUT2D eigenvalue weighted by Gasteiger charge is -2.12. The van der Waals surface area contributed by atoms with Crippen LogP contribution in [0.4, 0.5) is 0 Å². The number of ether oxygens (including phenoxy) is 1. The van der Waals surface area contributed by atoms with E-state index in [1.165, 1.54) is 0 Å². The van der Waals surface area contributed by atoms with Gasteiger partial charge in [-0.05, 0) is 18.8 Å². The molecule has 0 heterocycles. The summed E-state index contributed by atoms with van der Waals surface area (Å²) in [6.07, 6.45) is 2.08. The maximum atomic E-state index is 5.78. The molecular weight excluding hydrogens is 126 g/mol. The zero-order valence-electron chi connectivity index (χ0n) is 7.26. The van der Waals surface area contributed by atoms with E-state index in [2.05, 4.69) is 13.8 Å². The van der Waals surface area contributed by atoms with Gasteiger partial charge in [0.05, 0.1) is 0 Å². The van der Waals surface area contributed by atoms with E-state index in [0.717, 1.165) is 19.4 Å². The van der Waals surface area contributed by atoms with Crippen LogP contribution < -0.4 is 5.73 Å². The standard InChI is InChI=1S/C8H19NO/c1-7(2)6-8(9)4-5-10-3/h7-8H,4-6,9H2,1-3H3. The first-order valence-electron chi connectivity index (χ1n) is 3.91. The van der Waals surface area contributed by atoms with Crippen LogP contribution >= 0.6 is 0 Å². The molecule has 0 aromatic rings. The minimum atomic E-state index is 0.319. The van der Waals surface area contributed by atoms with Crippen LogP contribution in [0.5, 0.6) is 0 Å². The molecule has 0 aromatic carbocycles. The molecule has 0 aliphatic rings. The number of nitrogens with two attached hydrogens (primary N) is 1. The Morgan fingerprint density at radius 3 is 2.40 bits per heavy atom. The first-order valence-corrected chi connectivity index (χ1v) is 3.91. The van der Waals surface area contributed by atoms with E-state index in [1.807, 2.05) is 0 Å². The van der Waals surface area contributed by atoms with Crippen LogP contribution in [-0.4, -0.2) is 19.8 Å². The molecule has 10 heavy (non-hydrogen) atoms. The van der Waals surface area contributed by atoms with E-state index in [-0.39, 0.29) is 0 Å². The van der Waals surface area contributed by atoms with Gasteiger partial charge in [-0.3, -0.25) is 0 Å². The van der Waals surface area contributed by atoms with Gasteiger partial charge >= 0.3 is 0 Å². The summed E-state index contributed by atoms with van der Waals surface area (Å²) in [5, 5.41) is 0. The first kappa shape index (κ1) is 9.92. The number of rotatable bonds is 5. The van der Waals surface area contributed by atoms with Gasteiger partial charge in [-0.2, -0.15) is 0 Å². The minimum Gasteiger partial charge on any atom is -0.385 e. The Bertz CT molecular complexity index is 73.7. The van der Waals surface area contributed by atoms with Crippen molar-refractivity contribution in [2.45, 2.75) is 32.7 Å². The maximum absolute atomic E-state index is 5.78. The average molecular weight is 145 g/mol. The third-order valence-electron chi connectivity index (χ3n) is 1.47. The first-order chi connectivity index (χ1) is 4.66. The Hall–Kier alpha value is -0.0800. The van der Waals surface area contributed by atoms with E-state index < -0.39 is 0 Å². The Morgan fingerprint density at radius 1 is 1.40 bits per heavy atom. The Kier molecular flexibility index (Phi) is 5.64. The molecule has 2 N–H and O–H groups in total. The van der Waals surface area contributed by atoms with Crippen molar-refractivity contribution >= 4 is 0 Å². The lowest BCUT2D eigenvalue weighted by molar-refractivity contribution is 0.185. The van der Waals surface area contributed by atoms with Crippen LogP contribution in [0.1, 0.15) is 26.7 Å². The van der Waals surface area contributed by atoms with Crippen molar-refractivity contribution in [3.8, 4) is 0 Å². The molecular formula is C8H19NO. The van der Waals surface area contributed by atoms with Gasteiger partial charge in [0.1, 0.15) is 0 Å². The van der Waals surface area contributed by atoms with Crippen molar-refractivity contribution in [2.24, 2.45) is 11.7 Å². The van der Waals surface area contributed by atoms with E-state index in [9.17, 15) is 0 Å². The summed E-state index contributed by atoms with van der Waals surface area (Å²) in [7, 11) is 1.71. The highest BCUT2D eigenvalue weighted by Gasteiger charge is 2.03. The molecule has 0 rings (SSSR count). The summed E-state index contributed by atoms with van der Waals surface area (Å²) in [6.45, 7) is 5.16. The summed E-state index contributed by atoms with van der Waals surface area (Å²) in [5.74, 6) is 0.701. The highest BCUT2D eigenvalue weighted by molar-refractivity contribution is 4.62. The molecule has 0 saturated carbocycles. The molecule has 2 nitrogen and oxygen atoms in total. The summed E-state index contributed by atoms with van der Waals surface area (Å²) >= 11 is 0. The SMILES string of the molecule is COCCC(N)CC(C)C. The molecule has 0 radical (unpaired) electrons. The predicted octanol–water partition coefficient (Wildman–Crippen LogP) is 1.40. The molecule has 0 saturated heterocycles. The fourth-order valence-electron chi connectivity index (χ4n) is 0.993. The Balaban J connectivity index is 3.16. The second-order valence-electron chi connectivity index (χ2n) is 3.17. The zero-order valence-corrected chi connectivity index (χ0v) is 7.26.